The molecule has 1 aliphatic rings. The molecule has 4 aromatic carbocycles. The van der Waals surface area contributed by atoms with Crippen molar-refractivity contribution in [1.29, 1.82) is 0 Å². The molecule has 0 N–H and O–H groups in total. The van der Waals surface area contributed by atoms with Gasteiger partial charge in [-0.2, -0.15) is 0 Å². The summed E-state index contributed by atoms with van der Waals surface area (Å²) >= 11 is 0. The molecule has 0 aromatic heterocycles. The lowest BCUT2D eigenvalue weighted by molar-refractivity contribution is 0.627. The molecule has 0 fully saturated rings. The molecule has 0 bridgehead atoms. The fourth-order valence-electron chi connectivity index (χ4n) is 3.56. The van der Waals surface area contributed by atoms with Crippen molar-refractivity contribution in [2.24, 2.45) is 9.98 Å². The number of rotatable bonds is 2. The van der Waals surface area contributed by atoms with Crippen molar-refractivity contribution in [2.75, 3.05) is 0 Å². The van der Waals surface area contributed by atoms with Gasteiger partial charge in [0.05, 0.1) is 22.1 Å². The number of hydrogen-bond donors (Lipinski definition) is 0. The summed E-state index contributed by atoms with van der Waals surface area (Å²) in [5.74, 6) is -0.592. The topological polar surface area (TPSA) is 24.7 Å². The number of nitrogens with zero attached hydrogens (tertiary/aromatic N) is 2. The molecule has 0 amide bonds. The second-order valence-corrected chi connectivity index (χ2v) is 6.97. The maximum Gasteiger partial charge on any atom is 0.123 e. The van der Waals surface area contributed by atoms with Crippen LogP contribution >= 0.6 is 0 Å². The van der Waals surface area contributed by atoms with E-state index in [0.717, 1.165) is 43.7 Å². The quantitative estimate of drug-likeness (QED) is 0.499. The van der Waals surface area contributed by atoms with Crippen LogP contribution in [0.2, 0.25) is 0 Å². The lowest BCUT2D eigenvalue weighted by Crippen LogP contribution is -2.34. The van der Waals surface area contributed by atoms with Gasteiger partial charge in [0.25, 0.3) is 0 Å². The first-order valence-corrected chi connectivity index (χ1v) is 9.57. The molecule has 0 radical (unpaired) electrons. The Labute approximate surface area is 171 Å². The van der Waals surface area contributed by atoms with Crippen molar-refractivity contribution in [3.63, 3.8) is 0 Å². The molecule has 5 rings (SSSR count). The third kappa shape index (κ3) is 3.33. The Morgan fingerprint density at radius 1 is 0.433 bits per heavy atom. The average Bonchev–Trinajstić information content (AvgIpc) is 2.77. The maximum absolute atomic E-state index is 13.5. The summed E-state index contributed by atoms with van der Waals surface area (Å²) in [4.78, 5) is 9.95. The van der Waals surface area contributed by atoms with Gasteiger partial charge < -0.3 is 0 Å². The highest BCUT2D eigenvalue weighted by Crippen LogP contribution is 2.15. The fourth-order valence-corrected chi connectivity index (χ4v) is 3.56. The molecule has 4 aromatic rings. The standard InChI is InChI=1S/C26H16F2N2/c27-19-13-9-17(10-14-19)25-21-5-1-3-7-23(21)29-26(18-11-15-20(28)16-12-18)22-6-2-4-8-24(22)30-25/h1-16H/b25-21-,26-22-,29-23-,29-26?,30-24-,30-25?. The minimum absolute atomic E-state index is 0.296. The molecule has 0 spiro atoms. The van der Waals surface area contributed by atoms with Gasteiger partial charge in [0, 0.05) is 21.6 Å². The second-order valence-electron chi connectivity index (χ2n) is 6.97. The van der Waals surface area contributed by atoms with Gasteiger partial charge in [-0.1, -0.05) is 36.4 Å². The van der Waals surface area contributed by atoms with E-state index in [0.29, 0.717) is 0 Å². The summed E-state index contributed by atoms with van der Waals surface area (Å²) in [6.07, 6.45) is 0. The second kappa shape index (κ2) is 7.48. The number of halogens is 2. The molecule has 2 nitrogen and oxygen atoms in total. The number of fused-ring (bicyclic) bond motifs is 2. The Balaban J connectivity index is 1.93. The fraction of sp³-hybridized carbons (Fsp3) is 0. The molecule has 0 unspecified atom stereocenters. The van der Waals surface area contributed by atoms with Gasteiger partial charge in [-0.3, -0.25) is 0 Å². The molecule has 30 heavy (non-hydrogen) atoms. The molecule has 144 valence electrons. The number of para-hydroxylation sites is 2. The van der Waals surface area contributed by atoms with Gasteiger partial charge in [-0.05, 0) is 60.7 Å². The van der Waals surface area contributed by atoms with Crippen molar-refractivity contribution < 1.29 is 8.78 Å². The van der Waals surface area contributed by atoms with Gasteiger partial charge in [0.1, 0.15) is 11.6 Å². The Morgan fingerprint density at radius 2 is 0.800 bits per heavy atom. The van der Waals surface area contributed by atoms with Gasteiger partial charge in [0.2, 0.25) is 0 Å². The molecule has 4 heteroatoms. The summed E-state index contributed by atoms with van der Waals surface area (Å²) in [5.41, 5.74) is 3.05. The van der Waals surface area contributed by atoms with E-state index in [1.165, 1.54) is 24.3 Å². The highest BCUT2D eigenvalue weighted by atomic mass is 19.1. The molecule has 0 saturated heterocycles. The lowest BCUT2D eigenvalue weighted by Gasteiger charge is -2.09. The Bertz CT molecular complexity index is 1370. The monoisotopic (exact) mass is 394 g/mol. The predicted molar refractivity (Wildman–Crippen MR) is 112 cm³/mol. The highest BCUT2D eigenvalue weighted by molar-refractivity contribution is 5.68. The van der Waals surface area contributed by atoms with E-state index in [4.69, 9.17) is 9.98 Å². The zero-order valence-electron chi connectivity index (χ0n) is 15.9. The summed E-state index contributed by atoms with van der Waals surface area (Å²) in [6.45, 7) is 0. The number of benzene rings is 4. The van der Waals surface area contributed by atoms with Crippen molar-refractivity contribution in [3.8, 4) is 0 Å². The van der Waals surface area contributed by atoms with Crippen molar-refractivity contribution in [3.05, 3.63) is 141 Å². The van der Waals surface area contributed by atoms with Crippen LogP contribution in [0.5, 0.6) is 0 Å². The van der Waals surface area contributed by atoms with Crippen LogP contribution < -0.4 is 21.2 Å². The summed E-state index contributed by atoms with van der Waals surface area (Å²) in [7, 11) is 0. The average molecular weight is 394 g/mol. The van der Waals surface area contributed by atoms with Gasteiger partial charge in [-0.15, -0.1) is 0 Å². The van der Waals surface area contributed by atoms with E-state index in [2.05, 4.69) is 0 Å². The lowest BCUT2D eigenvalue weighted by atomic mass is 10.1. The van der Waals surface area contributed by atoms with E-state index in [-0.39, 0.29) is 11.6 Å². The van der Waals surface area contributed by atoms with E-state index in [1.807, 2.05) is 48.5 Å². The Morgan fingerprint density at radius 3 is 1.20 bits per heavy atom. The van der Waals surface area contributed by atoms with Crippen molar-refractivity contribution >= 4 is 11.4 Å². The van der Waals surface area contributed by atoms with Crippen LogP contribution in [-0.2, 0) is 0 Å². The first-order chi connectivity index (χ1) is 14.7. The molecule has 0 saturated carbocycles. The van der Waals surface area contributed by atoms with Crippen molar-refractivity contribution in [2.45, 2.75) is 0 Å². The smallest absolute Gasteiger partial charge is 0.123 e. The van der Waals surface area contributed by atoms with Crippen LogP contribution in [0.1, 0.15) is 11.1 Å². The van der Waals surface area contributed by atoms with Crippen LogP contribution in [0.25, 0.3) is 11.4 Å². The maximum atomic E-state index is 13.5. The minimum Gasteiger partial charge on any atom is -0.247 e. The van der Waals surface area contributed by atoms with E-state index in [1.54, 1.807) is 24.3 Å². The summed E-state index contributed by atoms with van der Waals surface area (Å²) < 4.78 is 27.0. The van der Waals surface area contributed by atoms with Crippen LogP contribution in [-0.4, -0.2) is 0 Å². The van der Waals surface area contributed by atoms with E-state index in [9.17, 15) is 8.78 Å². The number of hydrogen-bond acceptors (Lipinski definition) is 2. The highest BCUT2D eigenvalue weighted by Gasteiger charge is 2.10. The molecular weight excluding hydrogens is 378 g/mol. The molecule has 0 atom stereocenters. The van der Waals surface area contributed by atoms with Crippen LogP contribution in [0.15, 0.2) is 107 Å². The predicted octanol–water partition coefficient (Wildman–Crippen LogP) is 3.23. The minimum atomic E-state index is -0.296. The third-order valence-corrected chi connectivity index (χ3v) is 5.02. The Hall–Kier alpha value is -3.92. The molecule has 0 aliphatic carbocycles. The van der Waals surface area contributed by atoms with Crippen LogP contribution in [0.3, 0.4) is 0 Å². The molecule has 1 aliphatic heterocycles. The largest absolute Gasteiger partial charge is 0.247 e. The SMILES string of the molecule is Fc1ccc(C2=c3\cccc\c3=N\C(c3ccc(F)cc3)=c3\cccc\c3=N\2)cc1. The first kappa shape index (κ1) is 18.1. The van der Waals surface area contributed by atoms with E-state index < -0.39 is 0 Å². The third-order valence-electron chi connectivity index (χ3n) is 5.02. The normalized spacial score (nSPS) is 18.6. The zero-order chi connectivity index (χ0) is 20.5. The summed E-state index contributed by atoms with van der Waals surface area (Å²) in [5, 5.41) is 3.18. The first-order valence-electron chi connectivity index (χ1n) is 9.57. The molecular formula is C26H16F2N2. The van der Waals surface area contributed by atoms with Gasteiger partial charge in [0.15, 0.2) is 0 Å². The zero-order valence-corrected chi connectivity index (χ0v) is 15.9. The van der Waals surface area contributed by atoms with Crippen LogP contribution in [0.4, 0.5) is 8.78 Å². The molecule has 1 heterocycles. The van der Waals surface area contributed by atoms with Crippen molar-refractivity contribution in [1.82, 2.24) is 0 Å². The van der Waals surface area contributed by atoms with Crippen LogP contribution in [0, 0.1) is 11.6 Å². The summed E-state index contributed by atoms with van der Waals surface area (Å²) in [6, 6.07) is 28.1. The van der Waals surface area contributed by atoms with E-state index >= 15 is 0 Å². The Kier molecular flexibility index (Phi) is 4.52. The van der Waals surface area contributed by atoms with Gasteiger partial charge in [-0.25, -0.2) is 18.8 Å². The van der Waals surface area contributed by atoms with Gasteiger partial charge >= 0.3 is 0 Å².